The van der Waals surface area contributed by atoms with Crippen molar-refractivity contribution in [3.63, 3.8) is 0 Å². The van der Waals surface area contributed by atoms with Gasteiger partial charge in [0.05, 0.1) is 18.4 Å². The summed E-state index contributed by atoms with van der Waals surface area (Å²) in [6.45, 7) is 1.50. The average molecular weight is 264 g/mol. The molecular weight excluding hydrogens is 248 g/mol. The Morgan fingerprint density at radius 2 is 2.16 bits per heavy atom. The van der Waals surface area contributed by atoms with E-state index in [9.17, 15) is 15.0 Å². The normalized spacial score (nSPS) is 19.1. The van der Waals surface area contributed by atoms with Crippen molar-refractivity contribution < 1.29 is 19.7 Å². The van der Waals surface area contributed by atoms with E-state index in [2.05, 4.69) is 4.98 Å². The molecule has 1 aliphatic heterocycles. The zero-order valence-electron chi connectivity index (χ0n) is 10.5. The van der Waals surface area contributed by atoms with Crippen molar-refractivity contribution in [2.75, 3.05) is 24.6 Å². The Balaban J connectivity index is 1.77. The van der Waals surface area contributed by atoms with Crippen molar-refractivity contribution in [2.24, 2.45) is 5.92 Å². The summed E-state index contributed by atoms with van der Waals surface area (Å²) in [5, 5.41) is 18.5. The van der Waals surface area contributed by atoms with E-state index in [1.54, 1.807) is 17.0 Å². The van der Waals surface area contributed by atoms with Gasteiger partial charge >= 0.3 is 5.97 Å². The van der Waals surface area contributed by atoms with E-state index in [1.165, 1.54) is 12.8 Å². The van der Waals surface area contributed by atoms with Gasteiger partial charge in [-0.05, 0) is 24.8 Å². The number of aromatic nitrogens is 1. The van der Waals surface area contributed by atoms with E-state index >= 15 is 0 Å². The fraction of sp³-hybridized carbons (Fsp3) is 0.538. The first-order chi connectivity index (χ1) is 9.13. The monoisotopic (exact) mass is 264 g/mol. The van der Waals surface area contributed by atoms with E-state index in [1.807, 2.05) is 0 Å². The number of carbonyl (C=O) groups is 1. The van der Waals surface area contributed by atoms with Crippen LogP contribution in [0.3, 0.4) is 0 Å². The third-order valence-electron chi connectivity index (χ3n) is 3.42. The maximum Gasteiger partial charge on any atom is 0.356 e. The van der Waals surface area contributed by atoms with Gasteiger partial charge in [-0.25, -0.2) is 9.78 Å². The van der Waals surface area contributed by atoms with Crippen LogP contribution >= 0.6 is 0 Å². The van der Waals surface area contributed by atoms with E-state index in [0.717, 1.165) is 0 Å². The van der Waals surface area contributed by atoms with Crippen molar-refractivity contribution in [1.82, 2.24) is 4.98 Å². The number of pyridine rings is 1. The van der Waals surface area contributed by atoms with Crippen molar-refractivity contribution in [3.05, 3.63) is 17.8 Å². The highest BCUT2D eigenvalue weighted by molar-refractivity contribution is 5.92. The number of carboxylic acid groups (broad SMARTS) is 1. The topological polar surface area (TPSA) is 82.9 Å². The molecule has 0 atom stereocenters. The molecule has 6 heteroatoms. The van der Waals surface area contributed by atoms with Crippen LogP contribution in [0.25, 0.3) is 0 Å². The highest BCUT2D eigenvalue weighted by Crippen LogP contribution is 2.30. The molecule has 0 spiro atoms. The number of rotatable bonds is 5. The highest BCUT2D eigenvalue weighted by Gasteiger charge is 2.29. The van der Waals surface area contributed by atoms with Crippen LogP contribution in [0.15, 0.2) is 12.1 Å². The number of aromatic carboxylic acids is 1. The summed E-state index contributed by atoms with van der Waals surface area (Å²) < 4.78 is 5.49. The van der Waals surface area contributed by atoms with Gasteiger partial charge in [-0.2, -0.15) is 0 Å². The summed E-state index contributed by atoms with van der Waals surface area (Å²) in [6, 6.07) is 3.39. The number of carboxylic acids is 1. The van der Waals surface area contributed by atoms with E-state index in [0.29, 0.717) is 37.2 Å². The standard InChI is InChI=1S/C13H16N2O4/c16-9-5-15(6-9)10-3-4-11(14-12(10)13(17)18)19-7-8-1-2-8/h3-4,8-9,16H,1-2,5-7H2,(H,17,18). The number of anilines is 1. The minimum absolute atomic E-state index is 0.0137. The smallest absolute Gasteiger partial charge is 0.356 e. The molecule has 2 aliphatic rings. The van der Waals surface area contributed by atoms with Gasteiger partial charge in [-0.3, -0.25) is 0 Å². The number of hydrogen-bond donors (Lipinski definition) is 2. The van der Waals surface area contributed by atoms with Gasteiger partial charge in [-0.1, -0.05) is 0 Å². The summed E-state index contributed by atoms with van der Waals surface area (Å²) in [7, 11) is 0. The average Bonchev–Trinajstić information content (AvgIpc) is 3.16. The van der Waals surface area contributed by atoms with Crippen LogP contribution in [0.2, 0.25) is 0 Å². The van der Waals surface area contributed by atoms with Crippen LogP contribution in [-0.4, -0.2) is 47.0 Å². The second-order valence-corrected chi connectivity index (χ2v) is 5.14. The number of aliphatic hydroxyl groups is 1. The summed E-state index contributed by atoms with van der Waals surface area (Å²) in [5.41, 5.74) is 0.525. The number of aliphatic hydroxyl groups excluding tert-OH is 1. The molecule has 3 rings (SSSR count). The molecule has 2 fully saturated rings. The lowest BCUT2D eigenvalue weighted by atomic mass is 10.1. The predicted octanol–water partition coefficient (Wildman–Crippen LogP) is 0.750. The quantitative estimate of drug-likeness (QED) is 0.816. The Kier molecular flexibility index (Phi) is 3.02. The second kappa shape index (κ2) is 4.70. The number of nitrogens with zero attached hydrogens (tertiary/aromatic N) is 2. The molecule has 19 heavy (non-hydrogen) atoms. The fourth-order valence-electron chi connectivity index (χ4n) is 2.07. The molecule has 6 nitrogen and oxygen atoms in total. The second-order valence-electron chi connectivity index (χ2n) is 5.14. The predicted molar refractivity (Wildman–Crippen MR) is 67.6 cm³/mol. The van der Waals surface area contributed by atoms with Crippen molar-refractivity contribution >= 4 is 11.7 Å². The summed E-state index contributed by atoms with van der Waals surface area (Å²) in [4.78, 5) is 17.1. The molecule has 0 bridgehead atoms. The molecule has 1 aliphatic carbocycles. The minimum Gasteiger partial charge on any atom is -0.477 e. The Morgan fingerprint density at radius 1 is 1.42 bits per heavy atom. The Labute approximate surface area is 110 Å². The van der Waals surface area contributed by atoms with Crippen LogP contribution < -0.4 is 9.64 Å². The first-order valence-corrected chi connectivity index (χ1v) is 6.43. The van der Waals surface area contributed by atoms with Crippen molar-refractivity contribution in [3.8, 4) is 5.88 Å². The minimum atomic E-state index is -1.08. The molecule has 1 saturated carbocycles. The molecule has 2 heterocycles. The number of β-amino-alcohol motifs (C(OH)–C–C–N with tert-alkyl or cyclic N) is 1. The van der Waals surface area contributed by atoms with Gasteiger partial charge in [0, 0.05) is 19.2 Å². The fourth-order valence-corrected chi connectivity index (χ4v) is 2.07. The first kappa shape index (κ1) is 12.2. The van der Waals surface area contributed by atoms with Gasteiger partial charge in [-0.15, -0.1) is 0 Å². The molecule has 1 aromatic rings. The Bertz CT molecular complexity index is 495. The van der Waals surface area contributed by atoms with Gasteiger partial charge in [0.15, 0.2) is 5.69 Å². The largest absolute Gasteiger partial charge is 0.477 e. The molecular formula is C13H16N2O4. The lowest BCUT2D eigenvalue weighted by molar-refractivity contribution is 0.0687. The first-order valence-electron chi connectivity index (χ1n) is 6.43. The van der Waals surface area contributed by atoms with E-state index in [-0.39, 0.29) is 11.8 Å². The number of ether oxygens (including phenoxy) is 1. The lowest BCUT2D eigenvalue weighted by Crippen LogP contribution is -2.51. The maximum atomic E-state index is 11.2. The molecule has 2 N–H and O–H groups in total. The van der Waals surface area contributed by atoms with Crippen LogP contribution in [0.4, 0.5) is 5.69 Å². The molecule has 102 valence electrons. The summed E-state index contributed by atoms with van der Waals surface area (Å²) in [6.07, 6.45) is 1.97. The lowest BCUT2D eigenvalue weighted by Gasteiger charge is -2.38. The number of hydrogen-bond acceptors (Lipinski definition) is 5. The Morgan fingerprint density at radius 3 is 2.74 bits per heavy atom. The van der Waals surface area contributed by atoms with E-state index < -0.39 is 5.97 Å². The summed E-state index contributed by atoms with van der Waals surface area (Å²) in [5.74, 6) is -0.123. The molecule has 0 unspecified atom stereocenters. The molecule has 0 radical (unpaired) electrons. The zero-order chi connectivity index (χ0) is 13.4. The van der Waals surface area contributed by atoms with Crippen LogP contribution in [0.5, 0.6) is 5.88 Å². The highest BCUT2D eigenvalue weighted by atomic mass is 16.5. The van der Waals surface area contributed by atoms with Gasteiger partial charge < -0.3 is 19.8 Å². The molecule has 0 amide bonds. The summed E-state index contributed by atoms with van der Waals surface area (Å²) >= 11 is 0. The van der Waals surface area contributed by atoms with Crippen molar-refractivity contribution in [2.45, 2.75) is 18.9 Å². The molecule has 0 aromatic carbocycles. The zero-order valence-corrected chi connectivity index (χ0v) is 10.5. The van der Waals surface area contributed by atoms with E-state index in [4.69, 9.17) is 4.74 Å². The maximum absolute atomic E-state index is 11.2. The van der Waals surface area contributed by atoms with Gasteiger partial charge in [0.25, 0.3) is 0 Å². The third-order valence-corrected chi connectivity index (χ3v) is 3.42. The van der Waals surface area contributed by atoms with Gasteiger partial charge in [0.2, 0.25) is 5.88 Å². The molecule has 1 aromatic heterocycles. The van der Waals surface area contributed by atoms with Crippen LogP contribution in [0.1, 0.15) is 23.3 Å². The third kappa shape index (κ3) is 2.63. The van der Waals surface area contributed by atoms with Crippen LogP contribution in [0, 0.1) is 5.92 Å². The Hall–Kier alpha value is -1.82. The molecule has 1 saturated heterocycles. The SMILES string of the molecule is O=C(O)c1nc(OCC2CC2)ccc1N1CC(O)C1. The van der Waals surface area contributed by atoms with Crippen molar-refractivity contribution in [1.29, 1.82) is 0 Å². The van der Waals surface area contributed by atoms with Crippen LogP contribution in [-0.2, 0) is 0 Å². The van der Waals surface area contributed by atoms with Gasteiger partial charge in [0.1, 0.15) is 0 Å².